The molecule has 0 spiro atoms. The summed E-state index contributed by atoms with van der Waals surface area (Å²) in [5, 5.41) is 23.1. The molecule has 4 rings (SSSR count). The average Bonchev–Trinajstić information content (AvgIpc) is 3.43. The van der Waals surface area contributed by atoms with Gasteiger partial charge in [0.2, 0.25) is 0 Å². The third-order valence-corrected chi connectivity index (χ3v) is 10.3. The Balaban J connectivity index is 1.28. The second-order valence-electron chi connectivity index (χ2n) is 10.5. The Morgan fingerprint density at radius 2 is 1.85 bits per heavy atom. The SMILES string of the molecule is N=CC(CNCc1ccc(-c2ccc(N3C[C@H](CNC(=O)Oc4ccc(CC(O)([P+](=O)O)P(=O)(O)O)cc4)OC3=O)cc2F)cc1)=NN. The molecule has 3 aromatic rings. The molecule has 0 radical (unpaired) electrons. The molecule has 9 N–H and O–H groups in total. The lowest BCUT2D eigenvalue weighted by Crippen LogP contribution is -2.36. The van der Waals surface area contributed by atoms with E-state index in [1.54, 1.807) is 24.3 Å². The molecule has 0 bridgehead atoms. The number of anilines is 1. The Morgan fingerprint density at radius 1 is 1.19 bits per heavy atom. The highest BCUT2D eigenvalue weighted by atomic mass is 31.2. The van der Waals surface area contributed by atoms with Crippen LogP contribution in [0, 0.1) is 11.2 Å². The van der Waals surface area contributed by atoms with Crippen LogP contribution in [0.4, 0.5) is 19.7 Å². The first-order valence-corrected chi connectivity index (χ1v) is 16.9. The first-order chi connectivity index (χ1) is 22.7. The predicted octanol–water partition coefficient (Wildman–Crippen LogP) is 2.76. The van der Waals surface area contributed by atoms with Crippen LogP contribution in [0.15, 0.2) is 71.8 Å². The van der Waals surface area contributed by atoms with Crippen molar-refractivity contribution in [3.63, 3.8) is 0 Å². The zero-order valence-corrected chi connectivity index (χ0v) is 26.8. The Morgan fingerprint density at radius 3 is 2.44 bits per heavy atom. The number of halogens is 1. The molecule has 16 nitrogen and oxygen atoms in total. The molecule has 0 saturated carbocycles. The molecular weight excluding hydrogens is 673 g/mol. The first-order valence-electron chi connectivity index (χ1n) is 14.1. The van der Waals surface area contributed by atoms with Gasteiger partial charge >= 0.3 is 32.9 Å². The fourth-order valence-electron chi connectivity index (χ4n) is 4.59. The molecule has 2 amide bonds. The quantitative estimate of drug-likeness (QED) is 0.0521. The van der Waals surface area contributed by atoms with E-state index < -0.39 is 51.2 Å². The number of cyclic esters (lactones) is 1. The largest absolute Gasteiger partial charge is 0.555 e. The van der Waals surface area contributed by atoms with E-state index >= 15 is 4.39 Å². The number of rotatable bonds is 14. The number of nitrogens with zero attached hydrogens (tertiary/aromatic N) is 2. The zero-order chi connectivity index (χ0) is 35.1. The van der Waals surface area contributed by atoms with Crippen LogP contribution in [0.25, 0.3) is 11.1 Å². The van der Waals surface area contributed by atoms with Gasteiger partial charge in [-0.3, -0.25) is 9.46 Å². The van der Waals surface area contributed by atoms with Gasteiger partial charge in [-0.1, -0.05) is 36.4 Å². The van der Waals surface area contributed by atoms with Gasteiger partial charge < -0.3 is 46.3 Å². The maximum atomic E-state index is 15.2. The summed E-state index contributed by atoms with van der Waals surface area (Å²) in [6.07, 6.45) is -2.21. The van der Waals surface area contributed by atoms with Gasteiger partial charge in [-0.2, -0.15) is 9.99 Å². The van der Waals surface area contributed by atoms with Gasteiger partial charge in [-0.15, -0.1) is 0 Å². The van der Waals surface area contributed by atoms with Gasteiger partial charge in [0.25, 0.3) is 0 Å². The fraction of sp³-hybridized carbons (Fsp3) is 0.241. The Hall–Kier alpha value is -4.60. The summed E-state index contributed by atoms with van der Waals surface area (Å²) in [6.45, 7) is 0.687. The standard InChI is InChI=1S/C29H31FN6O10P2/c30-26-11-22(7-10-25(26)20-5-1-19(2-6-20)14-33-15-21(13-31)35-32)36-17-24(46-28(36)38)16-34-27(37)45-23-8-3-18(4-9-23)12-29(39,47(40)41)48(42,43)44/h1-11,13,24,33,39H,12,14-17H2,(H6-,31,32,34,37,40,41,42,43,44)/p+1/t24-,29?/m0/s1. The van der Waals surface area contributed by atoms with Crippen molar-refractivity contribution in [3.8, 4) is 16.9 Å². The van der Waals surface area contributed by atoms with E-state index in [0.29, 0.717) is 29.9 Å². The van der Waals surface area contributed by atoms with Gasteiger partial charge in [0, 0.05) is 24.9 Å². The smallest absolute Gasteiger partial charge is 0.442 e. The Labute approximate surface area is 273 Å². The van der Waals surface area contributed by atoms with Gasteiger partial charge in [-0.05, 0) is 51.6 Å². The summed E-state index contributed by atoms with van der Waals surface area (Å²) < 4.78 is 48.5. The zero-order valence-electron chi connectivity index (χ0n) is 25.0. The van der Waals surface area contributed by atoms with Gasteiger partial charge in [0.1, 0.15) is 17.7 Å². The lowest BCUT2D eigenvalue weighted by molar-refractivity contribution is 0.137. The lowest BCUT2D eigenvalue weighted by Gasteiger charge is -2.16. The third kappa shape index (κ3) is 8.85. The molecule has 3 atom stereocenters. The molecule has 19 heteroatoms. The number of benzene rings is 3. The Kier molecular flexibility index (Phi) is 11.7. The summed E-state index contributed by atoms with van der Waals surface area (Å²) in [4.78, 5) is 53.9. The molecule has 1 aliphatic rings. The second-order valence-corrected chi connectivity index (χ2v) is 14.0. The van der Waals surface area contributed by atoms with E-state index in [4.69, 9.17) is 20.7 Å². The summed E-state index contributed by atoms with van der Waals surface area (Å²) >= 11 is 0. The highest BCUT2D eigenvalue weighted by Crippen LogP contribution is 2.61. The van der Waals surface area contributed by atoms with Crippen molar-refractivity contribution >= 4 is 45.4 Å². The van der Waals surface area contributed by atoms with E-state index in [1.807, 2.05) is 12.1 Å². The molecule has 254 valence electrons. The molecular formula is C29H32FN6O10P2+. The van der Waals surface area contributed by atoms with Crippen molar-refractivity contribution in [1.82, 2.24) is 10.6 Å². The normalized spacial score (nSPS) is 16.6. The van der Waals surface area contributed by atoms with E-state index in [1.165, 1.54) is 35.2 Å². The minimum absolute atomic E-state index is 0.00593. The summed E-state index contributed by atoms with van der Waals surface area (Å²) in [6, 6.07) is 16.5. The first kappa shape index (κ1) is 36.2. The monoisotopic (exact) mass is 705 g/mol. The number of carbonyl (C=O) groups is 2. The van der Waals surface area contributed by atoms with Crippen LogP contribution in [-0.2, 0) is 26.8 Å². The molecule has 0 aliphatic carbocycles. The van der Waals surface area contributed by atoms with Crippen LogP contribution in [0.1, 0.15) is 11.1 Å². The minimum atomic E-state index is -5.36. The highest BCUT2D eigenvalue weighted by molar-refractivity contribution is 7.66. The number of hydrogen-bond donors (Lipinski definition) is 8. The number of ether oxygens (including phenoxy) is 2. The van der Waals surface area contributed by atoms with Crippen LogP contribution < -0.4 is 26.1 Å². The van der Waals surface area contributed by atoms with E-state index in [-0.39, 0.29) is 30.1 Å². The van der Waals surface area contributed by atoms with Crippen LogP contribution in [-0.4, -0.2) is 74.7 Å². The van der Waals surface area contributed by atoms with Crippen LogP contribution >= 0.6 is 15.6 Å². The molecule has 1 aliphatic heterocycles. The predicted molar refractivity (Wildman–Crippen MR) is 173 cm³/mol. The van der Waals surface area contributed by atoms with Crippen molar-refractivity contribution in [2.45, 2.75) is 24.2 Å². The third-order valence-electron chi connectivity index (χ3n) is 7.19. The van der Waals surface area contributed by atoms with E-state index in [2.05, 4.69) is 15.7 Å². The van der Waals surface area contributed by atoms with Crippen LogP contribution in [0.5, 0.6) is 5.75 Å². The maximum absolute atomic E-state index is 15.2. The maximum Gasteiger partial charge on any atom is 0.555 e. The summed E-state index contributed by atoms with van der Waals surface area (Å²) in [5.74, 6) is 4.63. The average molecular weight is 706 g/mol. The van der Waals surface area contributed by atoms with Crippen molar-refractivity contribution in [2.75, 3.05) is 24.5 Å². The lowest BCUT2D eigenvalue weighted by atomic mass is 10.0. The molecule has 48 heavy (non-hydrogen) atoms. The number of hydrazone groups is 1. The van der Waals surface area contributed by atoms with Crippen LogP contribution in [0.2, 0.25) is 0 Å². The minimum Gasteiger partial charge on any atom is -0.442 e. The second kappa shape index (κ2) is 15.5. The molecule has 1 fully saturated rings. The molecule has 1 saturated heterocycles. The van der Waals surface area contributed by atoms with Crippen molar-refractivity contribution in [2.24, 2.45) is 10.9 Å². The van der Waals surface area contributed by atoms with Crippen molar-refractivity contribution < 1.29 is 52.4 Å². The van der Waals surface area contributed by atoms with E-state index in [9.17, 15) is 38.5 Å². The number of nitrogens with two attached hydrogens (primary N) is 1. The van der Waals surface area contributed by atoms with Crippen molar-refractivity contribution in [1.29, 1.82) is 5.41 Å². The van der Waals surface area contributed by atoms with Gasteiger partial charge in [-0.25, -0.2) is 14.0 Å². The number of aliphatic hydroxyl groups is 1. The molecule has 1 heterocycles. The summed E-state index contributed by atoms with van der Waals surface area (Å²) in [5.41, 5.74) is 2.60. The number of hydrogen-bond acceptors (Lipinski definition) is 11. The molecule has 0 aromatic heterocycles. The highest BCUT2D eigenvalue weighted by Gasteiger charge is 2.62. The van der Waals surface area contributed by atoms with Gasteiger partial charge in [0.05, 0.1) is 30.9 Å². The van der Waals surface area contributed by atoms with E-state index in [0.717, 1.165) is 11.8 Å². The van der Waals surface area contributed by atoms with Gasteiger partial charge in [0.15, 0.2) is 0 Å². The Bertz CT molecular complexity index is 1760. The topological polar surface area (TPSA) is 257 Å². The number of amides is 2. The van der Waals surface area contributed by atoms with Crippen LogP contribution in [0.3, 0.4) is 0 Å². The number of carbonyl (C=O) groups excluding carboxylic acids is 2. The summed E-state index contributed by atoms with van der Waals surface area (Å²) in [7, 11) is -9.01. The van der Waals surface area contributed by atoms with Crippen molar-refractivity contribution in [3.05, 3.63) is 83.7 Å². The fourth-order valence-corrected chi connectivity index (χ4v) is 6.19. The molecule has 2 unspecified atom stereocenters. The molecule has 3 aromatic carbocycles. The number of nitrogens with one attached hydrogen (secondary N) is 3.